The second kappa shape index (κ2) is 2.43. The van der Waals surface area contributed by atoms with E-state index in [2.05, 4.69) is 4.74 Å². The van der Waals surface area contributed by atoms with E-state index >= 15 is 0 Å². The largest absolute Gasteiger partial charge is 0.382 e. The Balaban J connectivity index is 2.30. The topological polar surface area (TPSA) is 75.9 Å². The normalized spacial score (nSPS) is 27.6. The zero-order valence-electron chi connectivity index (χ0n) is 4.91. The molecule has 1 aliphatic rings. The molecule has 1 heterocycles. The van der Waals surface area contributed by atoms with Crippen LogP contribution < -0.4 is 5.73 Å². The number of aliphatic hydroxyl groups is 1. The van der Waals surface area contributed by atoms with Crippen LogP contribution in [0.2, 0.25) is 0 Å². The van der Waals surface area contributed by atoms with Gasteiger partial charge in [-0.2, -0.15) is 0 Å². The maximum Gasteiger partial charge on any atom is 0.177 e. The summed E-state index contributed by atoms with van der Waals surface area (Å²) in [5, 5.41) is 8.90. The number of nitrogens with two attached hydrogens (primary N) is 1. The predicted octanol–water partition coefficient (Wildman–Crippen LogP) is -1.73. The van der Waals surface area contributed by atoms with Crippen LogP contribution in [-0.2, 0) is 9.53 Å². The zero-order chi connectivity index (χ0) is 6.85. The van der Waals surface area contributed by atoms with Crippen molar-refractivity contribution in [2.24, 2.45) is 5.73 Å². The molecule has 9 heavy (non-hydrogen) atoms. The van der Waals surface area contributed by atoms with Crippen LogP contribution in [0, 0.1) is 0 Å². The van der Waals surface area contributed by atoms with Gasteiger partial charge in [0.25, 0.3) is 0 Å². The third-order valence-corrected chi connectivity index (χ3v) is 1.24. The van der Waals surface area contributed by atoms with Gasteiger partial charge < -0.3 is 15.6 Å². The van der Waals surface area contributed by atoms with Crippen molar-refractivity contribution < 1.29 is 14.6 Å². The average Bonchev–Trinajstić information content (AvgIpc) is 2.66. The highest BCUT2D eigenvalue weighted by Crippen LogP contribution is 2.13. The van der Waals surface area contributed by atoms with Crippen molar-refractivity contribution >= 4 is 5.78 Å². The summed E-state index contributed by atoms with van der Waals surface area (Å²) in [5.74, 6) is -0.350. The van der Waals surface area contributed by atoms with Gasteiger partial charge in [-0.15, -0.1) is 0 Å². The Bertz CT molecular complexity index is 121. The number of ether oxygens (including phenoxy) is 1. The van der Waals surface area contributed by atoms with E-state index in [1.807, 2.05) is 0 Å². The fourth-order valence-corrected chi connectivity index (χ4v) is 0.566. The molecule has 1 fully saturated rings. The molecule has 0 aromatic heterocycles. The maximum atomic E-state index is 10.5. The number of hydrogen-bond donors (Lipinski definition) is 2. The molecule has 3 N–H and O–H groups in total. The summed E-state index contributed by atoms with van der Waals surface area (Å²) in [6.07, 6.45) is -1.27. The van der Waals surface area contributed by atoms with E-state index < -0.39 is 6.10 Å². The molecule has 0 bridgehead atoms. The number of Topliss-reactive ketones (excluding diaryl/α,β-unsaturated/α-hetero) is 1. The minimum Gasteiger partial charge on any atom is -0.382 e. The summed E-state index contributed by atoms with van der Waals surface area (Å²) in [6, 6.07) is 0. The molecule has 2 unspecified atom stereocenters. The zero-order valence-corrected chi connectivity index (χ0v) is 4.91. The molecule has 1 aliphatic heterocycles. The van der Waals surface area contributed by atoms with Crippen molar-refractivity contribution in [3.8, 4) is 0 Å². The average molecular weight is 131 g/mol. The molecule has 1 saturated heterocycles. The SMILES string of the molecule is NCC(=O)C(O)C1CO1. The Morgan fingerprint density at radius 1 is 2.00 bits per heavy atom. The van der Waals surface area contributed by atoms with E-state index in [9.17, 15) is 4.79 Å². The Morgan fingerprint density at radius 3 is 2.89 bits per heavy atom. The minimum atomic E-state index is -0.991. The fourth-order valence-electron chi connectivity index (χ4n) is 0.566. The number of hydrogen-bond acceptors (Lipinski definition) is 4. The summed E-state index contributed by atoms with van der Waals surface area (Å²) < 4.78 is 4.67. The lowest BCUT2D eigenvalue weighted by Gasteiger charge is -2.01. The molecule has 0 radical (unpaired) electrons. The molecule has 0 aromatic carbocycles. The third-order valence-electron chi connectivity index (χ3n) is 1.24. The molecular weight excluding hydrogens is 122 g/mol. The summed E-state index contributed by atoms with van der Waals surface area (Å²) in [4.78, 5) is 10.5. The first kappa shape index (κ1) is 6.67. The summed E-state index contributed by atoms with van der Waals surface area (Å²) >= 11 is 0. The van der Waals surface area contributed by atoms with E-state index in [1.165, 1.54) is 0 Å². The molecule has 0 spiro atoms. The van der Waals surface area contributed by atoms with Crippen molar-refractivity contribution in [3.63, 3.8) is 0 Å². The van der Waals surface area contributed by atoms with Gasteiger partial charge in [0.1, 0.15) is 12.2 Å². The summed E-state index contributed by atoms with van der Waals surface area (Å²) in [7, 11) is 0. The van der Waals surface area contributed by atoms with Crippen molar-refractivity contribution in [3.05, 3.63) is 0 Å². The van der Waals surface area contributed by atoms with Crippen molar-refractivity contribution in [2.45, 2.75) is 12.2 Å². The Labute approximate surface area is 52.6 Å². The van der Waals surface area contributed by atoms with Crippen molar-refractivity contribution in [1.29, 1.82) is 0 Å². The first-order valence-corrected chi connectivity index (χ1v) is 2.78. The molecule has 0 aromatic rings. The first-order valence-electron chi connectivity index (χ1n) is 2.78. The van der Waals surface area contributed by atoms with Crippen LogP contribution in [0.1, 0.15) is 0 Å². The summed E-state index contributed by atoms with van der Waals surface area (Å²) in [5.41, 5.74) is 4.97. The summed E-state index contributed by atoms with van der Waals surface area (Å²) in [6.45, 7) is 0.369. The monoisotopic (exact) mass is 131 g/mol. The van der Waals surface area contributed by atoms with Gasteiger partial charge in [0.05, 0.1) is 13.2 Å². The van der Waals surface area contributed by atoms with Gasteiger partial charge in [0.2, 0.25) is 0 Å². The number of rotatable bonds is 3. The van der Waals surface area contributed by atoms with Crippen LogP contribution in [0.15, 0.2) is 0 Å². The Hall–Kier alpha value is -0.450. The third kappa shape index (κ3) is 1.48. The van der Waals surface area contributed by atoms with Crippen LogP contribution >= 0.6 is 0 Å². The van der Waals surface area contributed by atoms with Gasteiger partial charge in [-0.05, 0) is 0 Å². The molecule has 4 heteroatoms. The molecule has 0 aliphatic carbocycles. The lowest BCUT2D eigenvalue weighted by Crippen LogP contribution is -2.31. The maximum absolute atomic E-state index is 10.5. The van der Waals surface area contributed by atoms with Gasteiger partial charge in [-0.1, -0.05) is 0 Å². The standard InChI is InChI=1S/C5H9NO3/c6-1-3(7)5(8)4-2-9-4/h4-5,8H,1-2,6H2. The smallest absolute Gasteiger partial charge is 0.177 e. The highest BCUT2D eigenvalue weighted by atomic mass is 16.6. The fraction of sp³-hybridized carbons (Fsp3) is 0.800. The van der Waals surface area contributed by atoms with E-state index in [0.29, 0.717) is 6.61 Å². The highest BCUT2D eigenvalue weighted by Gasteiger charge is 2.35. The van der Waals surface area contributed by atoms with Crippen LogP contribution in [0.3, 0.4) is 0 Å². The number of carbonyl (C=O) groups is 1. The van der Waals surface area contributed by atoms with Gasteiger partial charge in [-0.3, -0.25) is 4.79 Å². The van der Waals surface area contributed by atoms with E-state index in [-0.39, 0.29) is 18.4 Å². The molecule has 1 rings (SSSR count). The Kier molecular flexibility index (Phi) is 1.80. The van der Waals surface area contributed by atoms with Crippen molar-refractivity contribution in [1.82, 2.24) is 0 Å². The molecule has 0 saturated carbocycles. The van der Waals surface area contributed by atoms with Crippen LogP contribution in [0.5, 0.6) is 0 Å². The number of aliphatic hydroxyl groups excluding tert-OH is 1. The second-order valence-corrected chi connectivity index (χ2v) is 1.99. The van der Waals surface area contributed by atoms with Crippen LogP contribution in [0.25, 0.3) is 0 Å². The van der Waals surface area contributed by atoms with Crippen molar-refractivity contribution in [2.75, 3.05) is 13.2 Å². The van der Waals surface area contributed by atoms with Gasteiger partial charge in [0.15, 0.2) is 5.78 Å². The van der Waals surface area contributed by atoms with E-state index in [1.54, 1.807) is 0 Å². The van der Waals surface area contributed by atoms with Crippen LogP contribution in [0.4, 0.5) is 0 Å². The second-order valence-electron chi connectivity index (χ2n) is 1.99. The first-order chi connectivity index (χ1) is 4.25. The Morgan fingerprint density at radius 2 is 2.56 bits per heavy atom. The van der Waals surface area contributed by atoms with E-state index in [4.69, 9.17) is 10.8 Å². The van der Waals surface area contributed by atoms with Crippen LogP contribution in [-0.4, -0.2) is 36.2 Å². The number of ketones is 1. The lowest BCUT2D eigenvalue weighted by molar-refractivity contribution is -0.126. The minimum absolute atomic E-state index is 0.110. The molecular formula is C5H9NO3. The van der Waals surface area contributed by atoms with E-state index in [0.717, 1.165) is 0 Å². The number of carbonyl (C=O) groups excluding carboxylic acids is 1. The molecule has 4 nitrogen and oxygen atoms in total. The van der Waals surface area contributed by atoms with Gasteiger partial charge in [-0.25, -0.2) is 0 Å². The number of epoxide rings is 1. The molecule has 52 valence electrons. The van der Waals surface area contributed by atoms with Gasteiger partial charge in [0, 0.05) is 0 Å². The predicted molar refractivity (Wildman–Crippen MR) is 29.8 cm³/mol. The molecule has 2 atom stereocenters. The lowest BCUT2D eigenvalue weighted by atomic mass is 10.2. The van der Waals surface area contributed by atoms with Gasteiger partial charge >= 0.3 is 0 Å². The highest BCUT2D eigenvalue weighted by molar-refractivity contribution is 5.85. The molecule has 0 amide bonds. The quantitative estimate of drug-likeness (QED) is 0.446.